The Morgan fingerprint density at radius 2 is 1.81 bits per heavy atom. The molecular formula is C24H20ClN3O4. The molecule has 0 atom stereocenters. The second-order valence-electron chi connectivity index (χ2n) is 7.34. The number of rotatable bonds is 6. The summed E-state index contributed by atoms with van der Waals surface area (Å²) in [7, 11) is 0. The number of nitrogens with one attached hydrogen (secondary N) is 1. The van der Waals surface area contributed by atoms with Gasteiger partial charge >= 0.3 is 11.8 Å². The predicted molar refractivity (Wildman–Crippen MR) is 123 cm³/mol. The Hall–Kier alpha value is -3.71. The lowest BCUT2D eigenvalue weighted by molar-refractivity contribution is -0.385. The van der Waals surface area contributed by atoms with Crippen molar-refractivity contribution in [3.05, 3.63) is 98.3 Å². The van der Waals surface area contributed by atoms with Gasteiger partial charge in [-0.15, -0.1) is 0 Å². The van der Waals surface area contributed by atoms with E-state index >= 15 is 0 Å². The minimum absolute atomic E-state index is 0.00738. The normalized spacial score (nSPS) is 12.4. The van der Waals surface area contributed by atoms with Crippen molar-refractivity contribution in [1.29, 1.82) is 0 Å². The van der Waals surface area contributed by atoms with Crippen LogP contribution in [0.1, 0.15) is 28.2 Å². The van der Waals surface area contributed by atoms with Crippen LogP contribution in [0.4, 0.5) is 10.5 Å². The van der Waals surface area contributed by atoms with Crippen LogP contribution in [0, 0.1) is 17.0 Å². The van der Waals surface area contributed by atoms with Crippen LogP contribution < -0.4 is 5.32 Å². The molecule has 0 radical (unpaired) electrons. The van der Waals surface area contributed by atoms with E-state index in [-0.39, 0.29) is 29.9 Å². The van der Waals surface area contributed by atoms with E-state index in [4.69, 9.17) is 16.3 Å². The van der Waals surface area contributed by atoms with Crippen LogP contribution in [0.5, 0.6) is 0 Å². The fourth-order valence-corrected chi connectivity index (χ4v) is 4.19. The lowest BCUT2D eigenvalue weighted by atomic mass is 9.98. The Labute approximate surface area is 189 Å². The molecule has 0 spiro atoms. The van der Waals surface area contributed by atoms with Gasteiger partial charge in [-0.25, -0.2) is 9.78 Å². The molecule has 32 heavy (non-hydrogen) atoms. The summed E-state index contributed by atoms with van der Waals surface area (Å²) in [5.74, 6) is -0.00738. The highest BCUT2D eigenvalue weighted by Gasteiger charge is 2.28. The molecule has 7 nitrogen and oxygen atoms in total. The number of pyridine rings is 1. The summed E-state index contributed by atoms with van der Waals surface area (Å²) in [6.07, 6.45) is 4.24. The summed E-state index contributed by atoms with van der Waals surface area (Å²) < 4.78 is 5.48. The number of fused-ring (bicyclic) bond motifs is 3. The first-order valence-electron chi connectivity index (χ1n) is 10.0. The van der Waals surface area contributed by atoms with Gasteiger partial charge in [-0.1, -0.05) is 72.3 Å². The highest BCUT2D eigenvalue weighted by molar-refractivity contribution is 6.31. The van der Waals surface area contributed by atoms with Crippen molar-refractivity contribution in [3.8, 4) is 11.1 Å². The van der Waals surface area contributed by atoms with Crippen molar-refractivity contribution in [1.82, 2.24) is 10.3 Å². The van der Waals surface area contributed by atoms with Crippen molar-refractivity contribution in [3.63, 3.8) is 0 Å². The van der Waals surface area contributed by atoms with Gasteiger partial charge in [-0.05, 0) is 29.2 Å². The van der Waals surface area contributed by atoms with Gasteiger partial charge in [0.05, 0.1) is 4.92 Å². The number of amides is 1. The first-order valence-corrected chi connectivity index (χ1v) is 10.4. The van der Waals surface area contributed by atoms with Gasteiger partial charge in [0.15, 0.2) is 0 Å². The average Bonchev–Trinajstić information content (AvgIpc) is 3.10. The van der Waals surface area contributed by atoms with E-state index in [0.717, 1.165) is 11.1 Å². The van der Waals surface area contributed by atoms with Crippen LogP contribution in [0.2, 0.25) is 5.15 Å². The minimum atomic E-state index is -0.559. The maximum atomic E-state index is 12.2. The molecule has 1 amide bonds. The summed E-state index contributed by atoms with van der Waals surface area (Å²) in [6.45, 7) is 2.03. The van der Waals surface area contributed by atoms with Crippen molar-refractivity contribution >= 4 is 29.5 Å². The number of nitrogens with zero attached hydrogens (tertiary/aromatic N) is 2. The topological polar surface area (TPSA) is 94.4 Å². The number of hydrogen-bond donors (Lipinski definition) is 1. The molecule has 1 aliphatic rings. The third-order valence-electron chi connectivity index (χ3n) is 5.49. The van der Waals surface area contributed by atoms with Crippen LogP contribution in [0.15, 0.2) is 60.8 Å². The molecule has 1 aliphatic carbocycles. The highest BCUT2D eigenvalue weighted by Crippen LogP contribution is 2.44. The molecule has 0 saturated carbocycles. The molecule has 8 heteroatoms. The van der Waals surface area contributed by atoms with Gasteiger partial charge in [0, 0.05) is 29.8 Å². The molecule has 1 N–H and O–H groups in total. The van der Waals surface area contributed by atoms with Crippen LogP contribution in [0.3, 0.4) is 0 Å². The highest BCUT2D eigenvalue weighted by atomic mass is 35.5. The Balaban J connectivity index is 1.35. The lowest BCUT2D eigenvalue weighted by Gasteiger charge is -2.14. The second kappa shape index (κ2) is 9.20. The SMILES string of the molecule is Cc1c(C=CCNC(=O)OCC2c3ccccc3-c3ccccc32)cnc(Cl)c1[N+](=O)[O-]. The zero-order valence-corrected chi connectivity index (χ0v) is 18.0. The van der Waals surface area contributed by atoms with E-state index in [9.17, 15) is 14.9 Å². The average molecular weight is 450 g/mol. The number of aromatic nitrogens is 1. The second-order valence-corrected chi connectivity index (χ2v) is 7.70. The van der Waals surface area contributed by atoms with Gasteiger partial charge in [0.2, 0.25) is 5.15 Å². The Morgan fingerprint density at radius 1 is 1.19 bits per heavy atom. The summed E-state index contributed by atoms with van der Waals surface area (Å²) in [5.41, 5.74) is 5.37. The van der Waals surface area contributed by atoms with Gasteiger partial charge in [-0.3, -0.25) is 10.1 Å². The molecule has 162 valence electrons. The van der Waals surface area contributed by atoms with E-state index < -0.39 is 11.0 Å². The molecule has 0 saturated heterocycles. The van der Waals surface area contributed by atoms with E-state index in [1.807, 2.05) is 24.3 Å². The fourth-order valence-electron chi connectivity index (χ4n) is 3.93. The van der Waals surface area contributed by atoms with Gasteiger partial charge in [0.25, 0.3) is 0 Å². The van der Waals surface area contributed by atoms with E-state index in [1.165, 1.54) is 17.3 Å². The smallest absolute Gasteiger partial charge is 0.407 e. The maximum Gasteiger partial charge on any atom is 0.407 e. The first-order chi connectivity index (χ1) is 15.5. The zero-order chi connectivity index (χ0) is 22.7. The first kappa shape index (κ1) is 21.5. The van der Waals surface area contributed by atoms with E-state index in [1.54, 1.807) is 19.1 Å². The van der Waals surface area contributed by atoms with Gasteiger partial charge < -0.3 is 10.1 Å². The minimum Gasteiger partial charge on any atom is -0.449 e. The predicted octanol–water partition coefficient (Wildman–Crippen LogP) is 5.50. The number of hydrogen-bond acceptors (Lipinski definition) is 5. The van der Waals surface area contributed by atoms with Crippen LogP contribution >= 0.6 is 11.6 Å². The standard InChI is InChI=1S/C24H20ClN3O4/c1-15-16(13-27-23(25)22(15)28(30)31)7-6-12-26-24(29)32-14-21-19-10-4-2-8-17(19)18-9-3-5-11-20(18)21/h2-11,13,21H,12,14H2,1H3,(H,26,29). The van der Waals surface area contributed by atoms with Crippen molar-refractivity contribution in [2.45, 2.75) is 12.8 Å². The molecule has 3 aromatic rings. The molecule has 0 bridgehead atoms. The van der Waals surface area contributed by atoms with Crippen molar-refractivity contribution in [2.75, 3.05) is 13.2 Å². The Bertz CT molecular complexity index is 1180. The largest absolute Gasteiger partial charge is 0.449 e. The number of alkyl carbamates (subject to hydrolysis) is 1. The Kier molecular flexibility index (Phi) is 6.18. The number of halogens is 1. The monoisotopic (exact) mass is 449 g/mol. The summed E-state index contributed by atoms with van der Waals surface area (Å²) in [6, 6.07) is 16.3. The van der Waals surface area contributed by atoms with E-state index in [0.29, 0.717) is 11.1 Å². The van der Waals surface area contributed by atoms with Crippen molar-refractivity contribution < 1.29 is 14.5 Å². The summed E-state index contributed by atoms with van der Waals surface area (Å²) in [4.78, 5) is 26.6. The van der Waals surface area contributed by atoms with Crippen LogP contribution in [-0.4, -0.2) is 29.2 Å². The quantitative estimate of drug-likeness (QED) is 0.304. The van der Waals surface area contributed by atoms with Crippen LogP contribution in [0.25, 0.3) is 17.2 Å². The third-order valence-corrected chi connectivity index (χ3v) is 5.77. The van der Waals surface area contributed by atoms with E-state index in [2.05, 4.69) is 34.6 Å². The molecule has 1 aromatic heterocycles. The molecular weight excluding hydrogens is 430 g/mol. The number of benzene rings is 2. The van der Waals surface area contributed by atoms with Gasteiger partial charge in [0.1, 0.15) is 6.61 Å². The molecule has 2 aromatic carbocycles. The molecule has 0 unspecified atom stereocenters. The number of carbonyl (C=O) groups is 1. The third kappa shape index (κ3) is 4.20. The Morgan fingerprint density at radius 3 is 2.44 bits per heavy atom. The van der Waals surface area contributed by atoms with Crippen molar-refractivity contribution in [2.24, 2.45) is 0 Å². The summed E-state index contributed by atoms with van der Waals surface area (Å²) in [5, 5.41) is 13.6. The lowest BCUT2D eigenvalue weighted by Crippen LogP contribution is -2.26. The molecule has 1 heterocycles. The fraction of sp³-hybridized carbons (Fsp3) is 0.167. The summed E-state index contributed by atoms with van der Waals surface area (Å²) >= 11 is 5.80. The zero-order valence-electron chi connectivity index (χ0n) is 17.2. The molecule has 4 rings (SSSR count). The number of carbonyl (C=O) groups excluding carboxylic acids is 1. The maximum absolute atomic E-state index is 12.2. The van der Waals surface area contributed by atoms with Crippen LogP contribution in [-0.2, 0) is 4.74 Å². The number of ether oxygens (including phenoxy) is 1. The molecule has 0 aliphatic heterocycles. The molecule has 0 fully saturated rings. The van der Waals surface area contributed by atoms with Gasteiger partial charge in [-0.2, -0.15) is 0 Å². The number of nitro groups is 1.